The number of ether oxygens (including phenoxy) is 1. The number of likely N-dealkylation sites (N-methyl/N-ethyl adjacent to an activating group) is 1. The number of fused-ring (bicyclic) bond motifs is 1. The molecule has 0 saturated heterocycles. The van der Waals surface area contributed by atoms with Gasteiger partial charge >= 0.3 is 0 Å². The molecule has 2 heterocycles. The number of nitrogens with zero attached hydrogens (tertiary/aromatic N) is 4. The highest BCUT2D eigenvalue weighted by Gasteiger charge is 2.20. The van der Waals surface area contributed by atoms with Crippen molar-refractivity contribution >= 4 is 46.0 Å². The molecule has 178 valence electrons. The van der Waals surface area contributed by atoms with E-state index in [9.17, 15) is 5.11 Å². The number of anilines is 3. The lowest BCUT2D eigenvalue weighted by Crippen LogP contribution is -2.27. The lowest BCUT2D eigenvalue weighted by molar-refractivity contribution is 0.223. The predicted molar refractivity (Wildman–Crippen MR) is 138 cm³/mol. The van der Waals surface area contributed by atoms with Crippen molar-refractivity contribution < 1.29 is 9.84 Å². The van der Waals surface area contributed by atoms with Crippen molar-refractivity contribution in [2.24, 2.45) is 0 Å². The van der Waals surface area contributed by atoms with E-state index in [4.69, 9.17) is 33.7 Å². The summed E-state index contributed by atoms with van der Waals surface area (Å²) in [7, 11) is 0. The van der Waals surface area contributed by atoms with E-state index in [1.165, 1.54) is 10.7 Å². The van der Waals surface area contributed by atoms with Gasteiger partial charge in [-0.2, -0.15) is 4.52 Å². The predicted octanol–water partition coefficient (Wildman–Crippen LogP) is 5.46. The molecule has 0 amide bonds. The zero-order chi connectivity index (χ0) is 24.2. The average Bonchev–Trinajstić information content (AvgIpc) is 3.15. The van der Waals surface area contributed by atoms with E-state index >= 15 is 0 Å². The van der Waals surface area contributed by atoms with Gasteiger partial charge in [-0.25, -0.2) is 4.98 Å². The number of hydrogen-bond donors (Lipinski definition) is 3. The Hall–Kier alpha value is -3.20. The van der Waals surface area contributed by atoms with Gasteiger partial charge in [-0.3, -0.25) is 0 Å². The Morgan fingerprint density at radius 3 is 2.41 bits per heavy atom. The highest BCUT2D eigenvalue weighted by Crippen LogP contribution is 2.40. The first kappa shape index (κ1) is 23.9. The summed E-state index contributed by atoms with van der Waals surface area (Å²) < 4.78 is 7.09. The van der Waals surface area contributed by atoms with Crippen LogP contribution in [0.25, 0.3) is 16.8 Å². The summed E-state index contributed by atoms with van der Waals surface area (Å²) >= 11 is 12.6. The molecule has 0 atom stereocenters. The maximum absolute atomic E-state index is 10.9. The van der Waals surface area contributed by atoms with Crippen molar-refractivity contribution in [3.63, 3.8) is 0 Å². The molecular weight excluding hydrogens is 475 g/mol. The zero-order valence-corrected chi connectivity index (χ0v) is 20.4. The number of rotatable bonds is 9. The van der Waals surface area contributed by atoms with Gasteiger partial charge in [0.05, 0.1) is 15.6 Å². The third kappa shape index (κ3) is 4.84. The van der Waals surface area contributed by atoms with E-state index in [0.29, 0.717) is 44.9 Å². The maximum Gasteiger partial charge on any atom is 0.223 e. The molecule has 4 rings (SSSR count). The summed E-state index contributed by atoms with van der Waals surface area (Å²) in [6.45, 7) is 7.77. The van der Waals surface area contributed by atoms with Crippen LogP contribution in [0, 0.1) is 0 Å². The molecule has 0 radical (unpaired) electrons. The minimum absolute atomic E-state index is 0.170. The van der Waals surface area contributed by atoms with Crippen LogP contribution in [0.3, 0.4) is 0 Å². The first-order valence-electron chi connectivity index (χ1n) is 11.0. The Morgan fingerprint density at radius 2 is 1.76 bits per heavy atom. The fraction of sp³-hybridized carbons (Fsp3) is 0.250. The SMILES string of the molecule is CCN(CC)CCOc1ccc(Nc2nn3c(O)c(-c4c(Cl)cccc4Cl)cnc3c2N)cc1. The van der Waals surface area contributed by atoms with Gasteiger partial charge in [0.15, 0.2) is 11.5 Å². The van der Waals surface area contributed by atoms with Gasteiger partial charge < -0.3 is 25.8 Å². The Labute approximate surface area is 207 Å². The standard InChI is InChI=1S/C24H26Cl2N6O2/c1-3-31(4-2)12-13-34-16-10-8-15(9-11-16)29-22-21(27)23-28-14-17(24(33)32(23)30-22)20-18(25)6-5-7-19(20)26/h5-11,14,33H,3-4,12-13,27H2,1-2H3,(H,29,30). The Balaban J connectivity index is 1.54. The molecule has 8 nitrogen and oxygen atoms in total. The van der Waals surface area contributed by atoms with E-state index in [-0.39, 0.29) is 5.88 Å². The van der Waals surface area contributed by atoms with E-state index in [1.807, 2.05) is 24.3 Å². The van der Waals surface area contributed by atoms with Crippen molar-refractivity contribution in [3.8, 4) is 22.8 Å². The van der Waals surface area contributed by atoms with Crippen LogP contribution in [0.1, 0.15) is 13.8 Å². The number of hydrogen-bond acceptors (Lipinski definition) is 7. The molecule has 4 aromatic rings. The van der Waals surface area contributed by atoms with Crippen LogP contribution in [0.15, 0.2) is 48.7 Å². The van der Waals surface area contributed by atoms with Crippen LogP contribution in [0.4, 0.5) is 17.2 Å². The molecule has 2 aromatic carbocycles. The monoisotopic (exact) mass is 500 g/mol. The molecule has 0 aliphatic rings. The van der Waals surface area contributed by atoms with Crippen LogP contribution < -0.4 is 15.8 Å². The largest absolute Gasteiger partial charge is 0.493 e. The first-order valence-corrected chi connectivity index (χ1v) is 11.7. The van der Waals surface area contributed by atoms with E-state index in [0.717, 1.165) is 31.1 Å². The van der Waals surface area contributed by atoms with Gasteiger partial charge in [-0.1, -0.05) is 43.1 Å². The normalized spacial score (nSPS) is 11.3. The molecule has 2 aromatic heterocycles. The van der Waals surface area contributed by atoms with E-state index in [1.54, 1.807) is 18.2 Å². The number of halogens is 2. The number of nitrogens with two attached hydrogens (primary N) is 1. The van der Waals surface area contributed by atoms with Crippen LogP contribution in [-0.2, 0) is 0 Å². The highest BCUT2D eigenvalue weighted by atomic mass is 35.5. The molecule has 0 saturated carbocycles. The molecule has 0 aliphatic heterocycles. The van der Waals surface area contributed by atoms with Crippen LogP contribution in [-0.4, -0.2) is 50.8 Å². The van der Waals surface area contributed by atoms with Gasteiger partial charge in [0, 0.05) is 24.0 Å². The number of aromatic hydroxyl groups is 1. The summed E-state index contributed by atoms with van der Waals surface area (Å²) in [5, 5.41) is 19.2. The average molecular weight is 501 g/mol. The zero-order valence-electron chi connectivity index (χ0n) is 18.9. The lowest BCUT2D eigenvalue weighted by atomic mass is 10.1. The fourth-order valence-electron chi connectivity index (χ4n) is 3.62. The second kappa shape index (κ2) is 10.4. The van der Waals surface area contributed by atoms with E-state index < -0.39 is 0 Å². The maximum atomic E-state index is 10.9. The minimum Gasteiger partial charge on any atom is -0.493 e. The number of nitrogens with one attached hydrogen (secondary N) is 1. The van der Waals surface area contributed by atoms with Crippen LogP contribution in [0.5, 0.6) is 11.6 Å². The van der Waals surface area contributed by atoms with Gasteiger partial charge in [-0.15, -0.1) is 5.10 Å². The molecular formula is C24H26Cl2N6O2. The smallest absolute Gasteiger partial charge is 0.223 e. The highest BCUT2D eigenvalue weighted by molar-refractivity contribution is 6.39. The van der Waals surface area contributed by atoms with Crippen molar-refractivity contribution in [2.75, 3.05) is 37.3 Å². The van der Waals surface area contributed by atoms with Crippen LogP contribution >= 0.6 is 23.2 Å². The van der Waals surface area contributed by atoms with Gasteiger partial charge in [0.25, 0.3) is 0 Å². The first-order chi connectivity index (χ1) is 16.4. The fourth-order valence-corrected chi connectivity index (χ4v) is 4.22. The molecule has 0 fully saturated rings. The van der Waals surface area contributed by atoms with Crippen molar-refractivity contribution in [1.29, 1.82) is 0 Å². The molecule has 0 bridgehead atoms. The van der Waals surface area contributed by atoms with Crippen molar-refractivity contribution in [2.45, 2.75) is 13.8 Å². The summed E-state index contributed by atoms with van der Waals surface area (Å²) in [5.74, 6) is 0.971. The number of aromatic nitrogens is 3. The third-order valence-electron chi connectivity index (χ3n) is 5.57. The summed E-state index contributed by atoms with van der Waals surface area (Å²) in [5.41, 5.74) is 8.44. The summed E-state index contributed by atoms with van der Waals surface area (Å²) in [6, 6.07) is 12.6. The second-order valence-corrected chi connectivity index (χ2v) is 8.43. The molecule has 0 unspecified atom stereocenters. The quantitative estimate of drug-likeness (QED) is 0.280. The Morgan fingerprint density at radius 1 is 1.09 bits per heavy atom. The lowest BCUT2D eigenvalue weighted by Gasteiger charge is -2.18. The Kier molecular flexibility index (Phi) is 7.31. The molecule has 0 spiro atoms. The number of nitrogen functional groups attached to an aromatic ring is 1. The summed E-state index contributed by atoms with van der Waals surface area (Å²) in [6.07, 6.45) is 1.48. The van der Waals surface area contributed by atoms with Crippen LogP contribution in [0.2, 0.25) is 10.0 Å². The second-order valence-electron chi connectivity index (χ2n) is 7.61. The number of benzene rings is 2. The van der Waals surface area contributed by atoms with Gasteiger partial charge in [-0.05, 0) is 49.5 Å². The minimum atomic E-state index is -0.170. The topological polar surface area (TPSA) is 101 Å². The van der Waals surface area contributed by atoms with Crippen molar-refractivity contribution in [3.05, 3.63) is 58.7 Å². The summed E-state index contributed by atoms with van der Waals surface area (Å²) in [4.78, 5) is 6.67. The van der Waals surface area contributed by atoms with Gasteiger partial charge in [0.2, 0.25) is 5.88 Å². The van der Waals surface area contributed by atoms with E-state index in [2.05, 4.69) is 34.1 Å². The molecule has 34 heavy (non-hydrogen) atoms. The Bertz CT molecular complexity index is 1270. The molecule has 0 aliphatic carbocycles. The van der Waals surface area contributed by atoms with Gasteiger partial charge in [0.1, 0.15) is 18.0 Å². The third-order valence-corrected chi connectivity index (χ3v) is 6.20. The molecule has 4 N–H and O–H groups in total. The van der Waals surface area contributed by atoms with Crippen molar-refractivity contribution in [1.82, 2.24) is 19.5 Å². The molecule has 10 heteroatoms.